The molecule has 0 unspecified atom stereocenters. The van der Waals surface area contributed by atoms with Gasteiger partial charge < -0.3 is 4.90 Å². The lowest BCUT2D eigenvalue weighted by Crippen LogP contribution is -2.26. The number of nitriles is 1. The number of anilines is 1. The average molecular weight is 310 g/mol. The van der Waals surface area contributed by atoms with E-state index in [4.69, 9.17) is 5.26 Å². The molecule has 94 valence electrons. The molecule has 6 heteroatoms. The highest BCUT2D eigenvalue weighted by atomic mass is 79.9. The van der Waals surface area contributed by atoms with Crippen LogP contribution in [-0.2, 0) is 0 Å². The van der Waals surface area contributed by atoms with Gasteiger partial charge in [-0.1, -0.05) is 0 Å². The molecule has 1 aliphatic rings. The molecule has 2 rings (SSSR count). The van der Waals surface area contributed by atoms with Gasteiger partial charge in [0.05, 0.1) is 23.1 Å². The summed E-state index contributed by atoms with van der Waals surface area (Å²) in [6.07, 6.45) is 2.70. The molecule has 0 heterocycles. The number of nitrogens with zero attached hydrogens (tertiary/aromatic N) is 3. The Morgan fingerprint density at radius 1 is 1.56 bits per heavy atom. The van der Waals surface area contributed by atoms with Crippen LogP contribution < -0.4 is 4.90 Å². The maximum absolute atomic E-state index is 10.7. The molecule has 0 amide bonds. The first-order valence-corrected chi connectivity index (χ1v) is 6.50. The van der Waals surface area contributed by atoms with Gasteiger partial charge in [0.1, 0.15) is 0 Å². The molecule has 0 saturated heterocycles. The first kappa shape index (κ1) is 12.8. The second-order valence-corrected chi connectivity index (χ2v) is 5.08. The smallest absolute Gasteiger partial charge is 0.270 e. The predicted octanol–water partition coefficient (Wildman–Crippen LogP) is 3.24. The molecule has 0 spiro atoms. The van der Waals surface area contributed by atoms with Crippen molar-refractivity contribution in [1.82, 2.24) is 0 Å². The summed E-state index contributed by atoms with van der Waals surface area (Å²) in [6, 6.07) is 7.36. The number of benzene rings is 1. The molecule has 0 radical (unpaired) electrons. The van der Waals surface area contributed by atoms with E-state index in [1.807, 2.05) is 0 Å². The van der Waals surface area contributed by atoms with Gasteiger partial charge in [-0.15, -0.1) is 0 Å². The van der Waals surface area contributed by atoms with Crippen molar-refractivity contribution in [3.8, 4) is 6.07 Å². The highest BCUT2D eigenvalue weighted by Crippen LogP contribution is 2.37. The molecule has 1 fully saturated rings. The molecule has 1 saturated carbocycles. The van der Waals surface area contributed by atoms with Crippen LogP contribution in [0.2, 0.25) is 0 Å². The molecule has 0 atom stereocenters. The van der Waals surface area contributed by atoms with Crippen LogP contribution in [0.3, 0.4) is 0 Å². The average Bonchev–Trinajstić information content (AvgIpc) is 3.15. The van der Waals surface area contributed by atoms with Gasteiger partial charge in [-0.25, -0.2) is 0 Å². The SMILES string of the molecule is N#CCCN(c1ccc([N+](=O)[O-])cc1Br)C1CC1. The van der Waals surface area contributed by atoms with Crippen LogP contribution in [0, 0.1) is 21.4 Å². The van der Waals surface area contributed by atoms with E-state index in [0.717, 1.165) is 18.5 Å². The molecule has 1 aromatic carbocycles. The van der Waals surface area contributed by atoms with E-state index in [1.54, 1.807) is 6.07 Å². The Labute approximate surface area is 113 Å². The molecule has 0 aromatic heterocycles. The molecule has 0 bridgehead atoms. The summed E-state index contributed by atoms with van der Waals surface area (Å²) in [5.74, 6) is 0. The van der Waals surface area contributed by atoms with E-state index in [0.29, 0.717) is 23.5 Å². The highest BCUT2D eigenvalue weighted by Gasteiger charge is 2.30. The molecule has 0 N–H and O–H groups in total. The molecule has 18 heavy (non-hydrogen) atoms. The number of hydrogen-bond donors (Lipinski definition) is 0. The van der Waals surface area contributed by atoms with Crippen LogP contribution in [0.1, 0.15) is 19.3 Å². The van der Waals surface area contributed by atoms with Crippen molar-refractivity contribution in [1.29, 1.82) is 5.26 Å². The van der Waals surface area contributed by atoms with Crippen LogP contribution >= 0.6 is 15.9 Å². The largest absolute Gasteiger partial charge is 0.367 e. The number of rotatable bonds is 5. The van der Waals surface area contributed by atoms with Gasteiger partial charge in [0.2, 0.25) is 0 Å². The van der Waals surface area contributed by atoms with Gasteiger partial charge in [0.15, 0.2) is 0 Å². The molecular formula is C12H12BrN3O2. The van der Waals surface area contributed by atoms with Crippen molar-refractivity contribution in [2.75, 3.05) is 11.4 Å². The number of non-ortho nitro benzene ring substituents is 1. The monoisotopic (exact) mass is 309 g/mol. The van der Waals surface area contributed by atoms with Gasteiger partial charge in [0, 0.05) is 29.2 Å². The second-order valence-electron chi connectivity index (χ2n) is 4.23. The summed E-state index contributed by atoms with van der Waals surface area (Å²) >= 11 is 3.38. The van der Waals surface area contributed by atoms with Crippen molar-refractivity contribution in [2.24, 2.45) is 0 Å². The van der Waals surface area contributed by atoms with Crippen molar-refractivity contribution >= 4 is 27.3 Å². The summed E-state index contributed by atoms with van der Waals surface area (Å²) in [6.45, 7) is 0.664. The lowest BCUT2D eigenvalue weighted by Gasteiger charge is -2.24. The fraction of sp³-hybridized carbons (Fsp3) is 0.417. The van der Waals surface area contributed by atoms with E-state index in [2.05, 4.69) is 26.9 Å². The van der Waals surface area contributed by atoms with Gasteiger partial charge in [-0.2, -0.15) is 5.26 Å². The zero-order chi connectivity index (χ0) is 13.1. The van der Waals surface area contributed by atoms with E-state index in [9.17, 15) is 10.1 Å². The second kappa shape index (κ2) is 5.36. The Kier molecular flexibility index (Phi) is 3.82. The van der Waals surface area contributed by atoms with Gasteiger partial charge in [-0.3, -0.25) is 10.1 Å². The summed E-state index contributed by atoms with van der Waals surface area (Å²) in [5.41, 5.74) is 1.00. The summed E-state index contributed by atoms with van der Waals surface area (Å²) in [5, 5.41) is 19.4. The van der Waals surface area contributed by atoms with Crippen LogP contribution in [0.25, 0.3) is 0 Å². The van der Waals surface area contributed by atoms with Gasteiger partial charge in [-0.05, 0) is 34.8 Å². The molecule has 0 aliphatic heterocycles. The number of hydrogen-bond acceptors (Lipinski definition) is 4. The molecular weight excluding hydrogens is 298 g/mol. The number of nitro groups is 1. The quantitative estimate of drug-likeness (QED) is 0.618. The van der Waals surface area contributed by atoms with Crippen molar-refractivity contribution in [2.45, 2.75) is 25.3 Å². The fourth-order valence-corrected chi connectivity index (χ4v) is 2.49. The standard InChI is InChI=1S/C12H12BrN3O2/c13-11-8-10(16(17)18)4-5-12(11)15(7-1-6-14)9-2-3-9/h4-5,8-9H,1-3,7H2. The van der Waals surface area contributed by atoms with E-state index in [1.165, 1.54) is 12.1 Å². The van der Waals surface area contributed by atoms with Crippen LogP contribution in [0.5, 0.6) is 0 Å². The maximum atomic E-state index is 10.7. The third-order valence-electron chi connectivity index (χ3n) is 2.90. The Bertz CT molecular complexity index is 509. The Morgan fingerprint density at radius 3 is 2.78 bits per heavy atom. The summed E-state index contributed by atoms with van der Waals surface area (Å²) < 4.78 is 0.710. The Balaban J connectivity index is 2.25. The van der Waals surface area contributed by atoms with Gasteiger partial charge in [0.25, 0.3) is 5.69 Å². The lowest BCUT2D eigenvalue weighted by molar-refractivity contribution is -0.384. The van der Waals surface area contributed by atoms with Crippen LogP contribution in [0.15, 0.2) is 22.7 Å². The van der Waals surface area contributed by atoms with E-state index < -0.39 is 4.92 Å². The molecule has 1 aliphatic carbocycles. The highest BCUT2D eigenvalue weighted by molar-refractivity contribution is 9.10. The van der Waals surface area contributed by atoms with Gasteiger partial charge >= 0.3 is 0 Å². The maximum Gasteiger partial charge on any atom is 0.270 e. The molecule has 5 nitrogen and oxygen atoms in total. The van der Waals surface area contributed by atoms with Crippen LogP contribution in [0.4, 0.5) is 11.4 Å². The Hall–Kier alpha value is -1.61. The topological polar surface area (TPSA) is 70.2 Å². The minimum Gasteiger partial charge on any atom is -0.367 e. The normalized spacial score (nSPS) is 14.0. The zero-order valence-electron chi connectivity index (χ0n) is 9.67. The van der Waals surface area contributed by atoms with Crippen LogP contribution in [-0.4, -0.2) is 17.5 Å². The Morgan fingerprint density at radius 2 is 2.28 bits per heavy atom. The fourth-order valence-electron chi connectivity index (χ4n) is 1.90. The van der Waals surface area contributed by atoms with Crippen molar-refractivity contribution < 1.29 is 4.92 Å². The zero-order valence-corrected chi connectivity index (χ0v) is 11.3. The minimum absolute atomic E-state index is 0.0710. The summed E-state index contributed by atoms with van der Waals surface area (Å²) in [7, 11) is 0. The van der Waals surface area contributed by atoms with E-state index in [-0.39, 0.29) is 5.69 Å². The summed E-state index contributed by atoms with van der Waals surface area (Å²) in [4.78, 5) is 12.4. The number of halogens is 1. The third-order valence-corrected chi connectivity index (χ3v) is 3.54. The minimum atomic E-state index is -0.411. The molecule has 1 aromatic rings. The third kappa shape index (κ3) is 2.79. The predicted molar refractivity (Wildman–Crippen MR) is 71.4 cm³/mol. The van der Waals surface area contributed by atoms with Crippen molar-refractivity contribution in [3.05, 3.63) is 32.8 Å². The number of nitro benzene ring substituents is 1. The first-order chi connectivity index (χ1) is 8.63. The van der Waals surface area contributed by atoms with Crippen molar-refractivity contribution in [3.63, 3.8) is 0 Å². The first-order valence-electron chi connectivity index (χ1n) is 5.71. The van der Waals surface area contributed by atoms with E-state index >= 15 is 0 Å². The lowest BCUT2D eigenvalue weighted by atomic mass is 10.2.